The lowest BCUT2D eigenvalue weighted by atomic mass is 9.67. The van der Waals surface area contributed by atoms with E-state index in [-0.39, 0.29) is 0 Å². The van der Waals surface area contributed by atoms with Crippen LogP contribution in [0.2, 0.25) is 0 Å². The molecule has 0 spiro atoms. The molecule has 4 nitrogen and oxygen atoms in total. The summed E-state index contributed by atoms with van der Waals surface area (Å²) in [5.74, 6) is -3.66. The molecule has 0 aromatic rings. The zero-order chi connectivity index (χ0) is 10.8. The van der Waals surface area contributed by atoms with Gasteiger partial charge in [0.25, 0.3) is 0 Å². The van der Waals surface area contributed by atoms with Gasteiger partial charge < -0.3 is 10.2 Å². The highest BCUT2D eigenvalue weighted by molar-refractivity contribution is 5.93. The summed E-state index contributed by atoms with van der Waals surface area (Å²) in [6, 6.07) is 0. The maximum absolute atomic E-state index is 10.9. The topological polar surface area (TPSA) is 74.6 Å². The number of carbonyl (C=O) groups is 2. The second-order valence-electron chi connectivity index (χ2n) is 4.32. The Bertz CT molecular complexity index is 227. The molecule has 0 saturated heterocycles. The third-order valence-corrected chi connectivity index (χ3v) is 3.19. The monoisotopic (exact) mass is 200 g/mol. The first kappa shape index (κ1) is 11.0. The third kappa shape index (κ3) is 2.05. The van der Waals surface area contributed by atoms with E-state index >= 15 is 0 Å². The van der Waals surface area contributed by atoms with E-state index in [4.69, 9.17) is 10.2 Å². The maximum Gasteiger partial charge on any atom is 0.318 e. The van der Waals surface area contributed by atoms with Crippen molar-refractivity contribution in [1.29, 1.82) is 0 Å². The van der Waals surface area contributed by atoms with Gasteiger partial charge >= 0.3 is 11.9 Å². The van der Waals surface area contributed by atoms with E-state index in [0.717, 1.165) is 19.3 Å². The van der Waals surface area contributed by atoms with Gasteiger partial charge in [0.2, 0.25) is 0 Å². The molecule has 2 N–H and O–H groups in total. The van der Waals surface area contributed by atoms with Crippen LogP contribution in [0.5, 0.6) is 0 Å². The Balaban J connectivity index is 2.84. The summed E-state index contributed by atoms with van der Waals surface area (Å²) in [5, 5.41) is 17.8. The average Bonchev–Trinajstić information content (AvgIpc) is 2.02. The Hall–Kier alpha value is -1.06. The number of hydrogen-bond donors (Lipinski definition) is 2. The molecule has 0 aliphatic heterocycles. The summed E-state index contributed by atoms with van der Waals surface area (Å²) in [5.41, 5.74) is -0.560. The molecule has 1 aliphatic rings. The molecule has 1 rings (SSSR count). The van der Waals surface area contributed by atoms with Crippen LogP contribution in [-0.4, -0.2) is 22.2 Å². The predicted molar refractivity (Wildman–Crippen MR) is 50.0 cm³/mol. The molecule has 4 heteroatoms. The fraction of sp³-hybridized carbons (Fsp3) is 0.800. The van der Waals surface area contributed by atoms with Crippen LogP contribution >= 0.6 is 0 Å². The molecule has 0 unspecified atom stereocenters. The SMILES string of the molecule is CC1(C(C(=O)O)C(=O)O)CCCCC1. The first-order chi connectivity index (χ1) is 6.47. The first-order valence-electron chi connectivity index (χ1n) is 4.93. The molecular weight excluding hydrogens is 184 g/mol. The van der Waals surface area contributed by atoms with Crippen LogP contribution in [0.3, 0.4) is 0 Å². The van der Waals surface area contributed by atoms with Crippen LogP contribution in [0, 0.1) is 11.3 Å². The van der Waals surface area contributed by atoms with E-state index in [1.54, 1.807) is 6.92 Å². The van der Waals surface area contributed by atoms with Gasteiger partial charge in [-0.2, -0.15) is 0 Å². The highest BCUT2D eigenvalue weighted by atomic mass is 16.4. The Labute approximate surface area is 82.9 Å². The van der Waals surface area contributed by atoms with Crippen LogP contribution in [-0.2, 0) is 9.59 Å². The minimum Gasteiger partial charge on any atom is -0.481 e. The van der Waals surface area contributed by atoms with Gasteiger partial charge in [-0.15, -0.1) is 0 Å². The average molecular weight is 200 g/mol. The van der Waals surface area contributed by atoms with Gasteiger partial charge in [0.15, 0.2) is 5.92 Å². The Morgan fingerprint density at radius 2 is 1.50 bits per heavy atom. The number of carboxylic acid groups (broad SMARTS) is 2. The van der Waals surface area contributed by atoms with E-state index in [2.05, 4.69) is 0 Å². The van der Waals surface area contributed by atoms with Crippen molar-refractivity contribution in [3.8, 4) is 0 Å². The smallest absolute Gasteiger partial charge is 0.318 e. The fourth-order valence-corrected chi connectivity index (χ4v) is 2.35. The highest BCUT2D eigenvalue weighted by Gasteiger charge is 2.44. The Morgan fingerprint density at radius 1 is 1.07 bits per heavy atom. The highest BCUT2D eigenvalue weighted by Crippen LogP contribution is 2.42. The van der Waals surface area contributed by atoms with Crippen molar-refractivity contribution < 1.29 is 19.8 Å². The second kappa shape index (κ2) is 3.98. The van der Waals surface area contributed by atoms with Crippen molar-refractivity contribution in [2.75, 3.05) is 0 Å². The summed E-state index contributed by atoms with van der Waals surface area (Å²) in [4.78, 5) is 21.7. The number of rotatable bonds is 3. The molecule has 0 heterocycles. The normalized spacial score (nSPS) is 20.7. The van der Waals surface area contributed by atoms with Crippen molar-refractivity contribution in [3.05, 3.63) is 0 Å². The van der Waals surface area contributed by atoms with E-state index < -0.39 is 23.3 Å². The first-order valence-corrected chi connectivity index (χ1v) is 4.93. The third-order valence-electron chi connectivity index (χ3n) is 3.19. The van der Waals surface area contributed by atoms with Crippen molar-refractivity contribution >= 4 is 11.9 Å². The van der Waals surface area contributed by atoms with Crippen LogP contribution in [0.1, 0.15) is 39.0 Å². The fourth-order valence-electron chi connectivity index (χ4n) is 2.35. The minimum atomic E-state index is -1.25. The molecule has 0 aromatic heterocycles. The summed E-state index contributed by atoms with van der Waals surface area (Å²) in [7, 11) is 0. The second-order valence-corrected chi connectivity index (χ2v) is 4.32. The molecule has 0 atom stereocenters. The van der Waals surface area contributed by atoms with Crippen molar-refractivity contribution in [3.63, 3.8) is 0 Å². The lowest BCUT2D eigenvalue weighted by Crippen LogP contribution is -2.40. The van der Waals surface area contributed by atoms with Crippen LogP contribution in [0.25, 0.3) is 0 Å². The van der Waals surface area contributed by atoms with Crippen LogP contribution in [0.4, 0.5) is 0 Å². The minimum absolute atomic E-state index is 0.560. The van der Waals surface area contributed by atoms with Crippen molar-refractivity contribution in [1.82, 2.24) is 0 Å². The van der Waals surface area contributed by atoms with E-state index in [0.29, 0.717) is 12.8 Å². The molecule has 80 valence electrons. The molecule has 0 radical (unpaired) electrons. The molecule has 1 saturated carbocycles. The van der Waals surface area contributed by atoms with Gasteiger partial charge in [0.05, 0.1) is 0 Å². The lowest BCUT2D eigenvalue weighted by molar-refractivity contribution is -0.162. The number of carboxylic acids is 2. The molecule has 0 aromatic carbocycles. The zero-order valence-electron chi connectivity index (χ0n) is 8.32. The Morgan fingerprint density at radius 3 is 1.86 bits per heavy atom. The van der Waals surface area contributed by atoms with Crippen LogP contribution in [0.15, 0.2) is 0 Å². The molecule has 1 fully saturated rings. The van der Waals surface area contributed by atoms with E-state index in [1.807, 2.05) is 0 Å². The molecular formula is C10H16O4. The van der Waals surface area contributed by atoms with Gasteiger partial charge in [-0.1, -0.05) is 26.2 Å². The van der Waals surface area contributed by atoms with Crippen LogP contribution < -0.4 is 0 Å². The molecule has 1 aliphatic carbocycles. The zero-order valence-corrected chi connectivity index (χ0v) is 8.32. The van der Waals surface area contributed by atoms with E-state index in [1.165, 1.54) is 0 Å². The van der Waals surface area contributed by atoms with Gasteiger partial charge in [0, 0.05) is 0 Å². The molecule has 0 bridgehead atoms. The number of hydrogen-bond acceptors (Lipinski definition) is 2. The summed E-state index contributed by atoms with van der Waals surface area (Å²) >= 11 is 0. The Kier molecular flexibility index (Phi) is 3.13. The molecule has 14 heavy (non-hydrogen) atoms. The molecule has 0 amide bonds. The summed E-state index contributed by atoms with van der Waals surface area (Å²) in [6.07, 6.45) is 4.37. The van der Waals surface area contributed by atoms with Gasteiger partial charge in [-0.05, 0) is 18.3 Å². The van der Waals surface area contributed by atoms with Crippen molar-refractivity contribution in [2.45, 2.75) is 39.0 Å². The van der Waals surface area contributed by atoms with Gasteiger partial charge in [0.1, 0.15) is 0 Å². The van der Waals surface area contributed by atoms with E-state index in [9.17, 15) is 9.59 Å². The maximum atomic E-state index is 10.9. The largest absolute Gasteiger partial charge is 0.481 e. The van der Waals surface area contributed by atoms with Gasteiger partial charge in [-0.3, -0.25) is 9.59 Å². The number of aliphatic carboxylic acids is 2. The lowest BCUT2D eigenvalue weighted by Gasteiger charge is -2.36. The standard InChI is InChI=1S/C10H16O4/c1-10(5-3-2-4-6-10)7(8(11)12)9(13)14/h7H,2-6H2,1H3,(H,11,12)(H,13,14). The van der Waals surface area contributed by atoms with Crippen molar-refractivity contribution in [2.24, 2.45) is 11.3 Å². The summed E-state index contributed by atoms with van der Waals surface area (Å²) < 4.78 is 0. The predicted octanol–water partition coefficient (Wildman–Crippen LogP) is 1.74. The summed E-state index contributed by atoms with van der Waals surface area (Å²) in [6.45, 7) is 1.78. The quantitative estimate of drug-likeness (QED) is 0.680. The van der Waals surface area contributed by atoms with Gasteiger partial charge in [-0.25, -0.2) is 0 Å².